The Morgan fingerprint density at radius 3 is 1.53 bits per heavy atom. The summed E-state index contributed by atoms with van der Waals surface area (Å²) in [5.74, 6) is 0.968. The third-order valence-electron chi connectivity index (χ3n) is 7.46. The summed E-state index contributed by atoms with van der Waals surface area (Å²) < 4.78 is 13.3. The molecule has 3 heteroatoms. The van der Waals surface area contributed by atoms with Crippen LogP contribution in [0.15, 0.2) is 54.6 Å². The van der Waals surface area contributed by atoms with E-state index in [1.54, 1.807) is 0 Å². The minimum Gasteiger partial charge on any atom is -0.520 e. The van der Waals surface area contributed by atoms with Crippen molar-refractivity contribution in [1.29, 1.82) is 0 Å². The molecular weight excluding hydrogens is 456 g/mol. The highest BCUT2D eigenvalue weighted by Crippen LogP contribution is 2.33. The first-order chi connectivity index (χ1) is 17.7. The standard InChI is InChI=1S/C33H54O2Si/c1-4-7-8-9-10-11-12-13-14-15-16-17-18-19-25-30-34-36(5-2,6-3)35-33-29-24-23-28-32(33)31-26-21-20-22-27-31/h20-24,26-29H,4-19,25,30H2,1-3H3. The Kier molecular flexibility index (Phi) is 16.6. The molecule has 0 N–H and O–H groups in total. The molecule has 0 atom stereocenters. The molecule has 0 aliphatic heterocycles. The van der Waals surface area contributed by atoms with Gasteiger partial charge in [-0.2, -0.15) is 0 Å². The van der Waals surface area contributed by atoms with E-state index < -0.39 is 8.56 Å². The number of hydrogen-bond donors (Lipinski definition) is 0. The van der Waals surface area contributed by atoms with E-state index in [1.807, 2.05) is 0 Å². The average Bonchev–Trinajstić information content (AvgIpc) is 2.93. The molecule has 2 rings (SSSR count). The fourth-order valence-electron chi connectivity index (χ4n) is 4.97. The first kappa shape index (κ1) is 30.6. The van der Waals surface area contributed by atoms with Crippen molar-refractivity contribution < 1.29 is 8.85 Å². The normalized spacial score (nSPS) is 11.6. The van der Waals surface area contributed by atoms with Crippen LogP contribution in [0.3, 0.4) is 0 Å². The number of hydrogen-bond acceptors (Lipinski definition) is 2. The van der Waals surface area contributed by atoms with Crippen molar-refractivity contribution in [3.8, 4) is 16.9 Å². The quantitative estimate of drug-likeness (QED) is 0.116. The molecule has 0 radical (unpaired) electrons. The van der Waals surface area contributed by atoms with Gasteiger partial charge in [0.1, 0.15) is 5.75 Å². The zero-order chi connectivity index (χ0) is 25.7. The smallest absolute Gasteiger partial charge is 0.398 e. The second-order valence-electron chi connectivity index (χ2n) is 10.4. The number of rotatable bonds is 22. The molecule has 2 aromatic rings. The highest BCUT2D eigenvalue weighted by molar-refractivity contribution is 6.68. The third kappa shape index (κ3) is 12.1. The van der Waals surface area contributed by atoms with Crippen molar-refractivity contribution in [2.75, 3.05) is 6.61 Å². The maximum absolute atomic E-state index is 6.73. The van der Waals surface area contributed by atoms with Crippen LogP contribution in [0.1, 0.15) is 117 Å². The van der Waals surface area contributed by atoms with Crippen molar-refractivity contribution in [3.63, 3.8) is 0 Å². The first-order valence-electron chi connectivity index (χ1n) is 15.2. The van der Waals surface area contributed by atoms with Gasteiger partial charge in [-0.05, 0) is 30.1 Å². The lowest BCUT2D eigenvalue weighted by molar-refractivity contribution is 0.230. The van der Waals surface area contributed by atoms with E-state index in [4.69, 9.17) is 8.85 Å². The monoisotopic (exact) mass is 510 g/mol. The van der Waals surface area contributed by atoms with Gasteiger partial charge in [0.05, 0.1) is 0 Å². The van der Waals surface area contributed by atoms with E-state index in [0.29, 0.717) is 0 Å². The van der Waals surface area contributed by atoms with E-state index >= 15 is 0 Å². The van der Waals surface area contributed by atoms with Crippen LogP contribution in [-0.4, -0.2) is 15.2 Å². The second kappa shape index (κ2) is 19.5. The van der Waals surface area contributed by atoms with Crippen LogP contribution in [0.2, 0.25) is 12.1 Å². The van der Waals surface area contributed by atoms with Gasteiger partial charge in [-0.3, -0.25) is 0 Å². The van der Waals surface area contributed by atoms with Gasteiger partial charge < -0.3 is 8.85 Å². The maximum atomic E-state index is 6.73. The molecule has 0 aromatic heterocycles. The van der Waals surface area contributed by atoms with E-state index in [-0.39, 0.29) is 0 Å². The lowest BCUT2D eigenvalue weighted by Crippen LogP contribution is -2.44. The number of para-hydroxylation sites is 1. The van der Waals surface area contributed by atoms with Gasteiger partial charge in [0.25, 0.3) is 0 Å². The van der Waals surface area contributed by atoms with Gasteiger partial charge in [0.2, 0.25) is 0 Å². The molecule has 202 valence electrons. The summed E-state index contributed by atoms with van der Waals surface area (Å²) in [5.41, 5.74) is 2.36. The number of benzene rings is 2. The Bertz CT molecular complexity index is 772. The summed E-state index contributed by atoms with van der Waals surface area (Å²) in [6.45, 7) is 7.59. The van der Waals surface area contributed by atoms with E-state index in [9.17, 15) is 0 Å². The zero-order valence-corrected chi connectivity index (χ0v) is 24.7. The molecule has 36 heavy (non-hydrogen) atoms. The van der Waals surface area contributed by atoms with Gasteiger partial charge in [-0.25, -0.2) is 0 Å². The van der Waals surface area contributed by atoms with E-state index in [2.05, 4.69) is 75.4 Å². The van der Waals surface area contributed by atoms with Crippen LogP contribution in [0.5, 0.6) is 5.75 Å². The van der Waals surface area contributed by atoms with Gasteiger partial charge in [0, 0.05) is 12.2 Å². The molecular formula is C33H54O2Si. The van der Waals surface area contributed by atoms with Crippen molar-refractivity contribution in [2.24, 2.45) is 0 Å². The molecule has 0 aliphatic rings. The van der Waals surface area contributed by atoms with Crippen LogP contribution in [0.4, 0.5) is 0 Å². The van der Waals surface area contributed by atoms with Gasteiger partial charge >= 0.3 is 8.56 Å². The fourth-order valence-corrected chi connectivity index (χ4v) is 7.32. The Balaban J connectivity index is 1.59. The van der Waals surface area contributed by atoms with Crippen LogP contribution >= 0.6 is 0 Å². The molecule has 2 nitrogen and oxygen atoms in total. The fraction of sp³-hybridized carbons (Fsp3) is 0.636. The second-order valence-corrected chi connectivity index (χ2v) is 14.1. The molecule has 0 unspecified atom stereocenters. The molecule has 0 saturated carbocycles. The zero-order valence-electron chi connectivity index (χ0n) is 23.7. The summed E-state index contributed by atoms with van der Waals surface area (Å²) in [6.07, 6.45) is 20.8. The van der Waals surface area contributed by atoms with Crippen molar-refractivity contribution >= 4 is 8.56 Å². The molecule has 0 heterocycles. The van der Waals surface area contributed by atoms with E-state index in [1.165, 1.54) is 95.5 Å². The van der Waals surface area contributed by atoms with Crippen molar-refractivity contribution in [3.05, 3.63) is 54.6 Å². The Hall–Kier alpha value is -1.58. The summed E-state index contributed by atoms with van der Waals surface area (Å²) in [7, 11) is -2.26. The molecule has 2 aromatic carbocycles. The van der Waals surface area contributed by atoms with Crippen LogP contribution in [-0.2, 0) is 4.43 Å². The highest BCUT2D eigenvalue weighted by Gasteiger charge is 2.36. The van der Waals surface area contributed by atoms with Gasteiger partial charge in [-0.1, -0.05) is 159 Å². The summed E-state index contributed by atoms with van der Waals surface area (Å²) >= 11 is 0. The third-order valence-corrected chi connectivity index (χ3v) is 10.9. The minimum absolute atomic E-state index is 0.833. The predicted octanol–water partition coefficient (Wildman–Crippen LogP) is 11.1. The molecule has 0 fully saturated rings. The summed E-state index contributed by atoms with van der Waals surface area (Å²) in [5, 5.41) is 0. The highest BCUT2D eigenvalue weighted by atomic mass is 28.4. The topological polar surface area (TPSA) is 18.5 Å². The minimum atomic E-state index is -2.26. The maximum Gasteiger partial charge on any atom is 0.398 e. The van der Waals surface area contributed by atoms with Crippen LogP contribution in [0.25, 0.3) is 11.1 Å². The SMILES string of the molecule is CCCCCCCCCCCCCCCCCO[Si](CC)(CC)Oc1ccccc1-c1ccccc1. The molecule has 0 amide bonds. The van der Waals surface area contributed by atoms with Crippen molar-refractivity contribution in [1.82, 2.24) is 0 Å². The average molecular weight is 511 g/mol. The first-order valence-corrected chi connectivity index (χ1v) is 17.4. The summed E-state index contributed by atoms with van der Waals surface area (Å²) in [6, 6.07) is 20.9. The van der Waals surface area contributed by atoms with Gasteiger partial charge in [-0.15, -0.1) is 0 Å². The van der Waals surface area contributed by atoms with E-state index in [0.717, 1.165) is 36.4 Å². The Morgan fingerprint density at radius 1 is 0.528 bits per heavy atom. The Morgan fingerprint density at radius 2 is 1.00 bits per heavy atom. The molecule has 0 spiro atoms. The number of unbranched alkanes of at least 4 members (excludes halogenated alkanes) is 14. The van der Waals surface area contributed by atoms with Crippen LogP contribution in [0, 0.1) is 0 Å². The Labute approximate surface area is 224 Å². The molecule has 0 saturated heterocycles. The molecule has 0 aliphatic carbocycles. The van der Waals surface area contributed by atoms with Crippen molar-refractivity contribution in [2.45, 2.75) is 129 Å². The lowest BCUT2D eigenvalue weighted by Gasteiger charge is -2.30. The lowest BCUT2D eigenvalue weighted by atomic mass is 10.0. The largest absolute Gasteiger partial charge is 0.520 e. The summed E-state index contributed by atoms with van der Waals surface area (Å²) in [4.78, 5) is 0. The van der Waals surface area contributed by atoms with Gasteiger partial charge in [0.15, 0.2) is 0 Å². The van der Waals surface area contributed by atoms with Crippen LogP contribution < -0.4 is 4.43 Å². The molecule has 0 bridgehead atoms. The predicted molar refractivity (Wildman–Crippen MR) is 160 cm³/mol.